The van der Waals surface area contributed by atoms with Gasteiger partial charge < -0.3 is 19.7 Å². The number of anilines is 1. The van der Waals surface area contributed by atoms with Gasteiger partial charge in [0, 0.05) is 32.1 Å². The van der Waals surface area contributed by atoms with Gasteiger partial charge >= 0.3 is 0 Å². The molecule has 0 saturated carbocycles. The van der Waals surface area contributed by atoms with Crippen molar-refractivity contribution in [3.63, 3.8) is 0 Å². The molecule has 0 aliphatic carbocycles. The Morgan fingerprint density at radius 1 is 1.07 bits per heavy atom. The highest BCUT2D eigenvalue weighted by molar-refractivity contribution is 5.92. The Hall–Kier alpha value is -3.53. The minimum absolute atomic E-state index is 0.134. The molecule has 0 aliphatic rings. The first kappa shape index (κ1) is 21.8. The fourth-order valence-electron chi connectivity index (χ4n) is 2.87. The second kappa shape index (κ2) is 10.7. The van der Waals surface area contributed by atoms with Gasteiger partial charge in [-0.25, -0.2) is 0 Å². The summed E-state index contributed by atoms with van der Waals surface area (Å²) in [7, 11) is 3.16. The average Bonchev–Trinajstić information content (AvgIpc) is 2.74. The molecule has 152 valence electrons. The molecule has 0 spiro atoms. The minimum atomic E-state index is -0.159. The molecule has 7 nitrogen and oxygen atoms in total. The van der Waals surface area contributed by atoms with Crippen molar-refractivity contribution in [1.29, 1.82) is 5.26 Å². The van der Waals surface area contributed by atoms with E-state index in [2.05, 4.69) is 5.32 Å². The summed E-state index contributed by atoms with van der Waals surface area (Å²) in [6, 6.07) is 14.4. The number of hydrogen-bond acceptors (Lipinski definition) is 5. The summed E-state index contributed by atoms with van der Waals surface area (Å²) in [6.07, 6.45) is 0.837. The van der Waals surface area contributed by atoms with Crippen molar-refractivity contribution in [3.05, 3.63) is 53.6 Å². The zero-order chi connectivity index (χ0) is 21.2. The molecule has 0 heterocycles. The molecular formula is C22H25N3O4. The number of nitrogens with one attached hydrogen (secondary N) is 1. The van der Waals surface area contributed by atoms with Crippen molar-refractivity contribution in [2.24, 2.45) is 0 Å². The van der Waals surface area contributed by atoms with Gasteiger partial charge in [-0.1, -0.05) is 6.07 Å². The Morgan fingerprint density at radius 2 is 1.76 bits per heavy atom. The van der Waals surface area contributed by atoms with Gasteiger partial charge in [0.15, 0.2) is 11.5 Å². The van der Waals surface area contributed by atoms with Crippen LogP contribution in [0.5, 0.6) is 11.5 Å². The molecule has 2 aromatic carbocycles. The maximum atomic E-state index is 12.2. The second-order valence-electron chi connectivity index (χ2n) is 6.37. The molecule has 1 N–H and O–H groups in total. The zero-order valence-corrected chi connectivity index (χ0v) is 16.9. The topological polar surface area (TPSA) is 91.7 Å². The first-order chi connectivity index (χ1) is 14.0. The first-order valence-electron chi connectivity index (χ1n) is 9.24. The van der Waals surface area contributed by atoms with Crippen molar-refractivity contribution >= 4 is 17.5 Å². The van der Waals surface area contributed by atoms with Gasteiger partial charge in [-0.15, -0.1) is 0 Å². The SMILES string of the molecule is COc1ccc(CCNC(=O)CCN(C(C)=O)c2ccc(C#N)cc2)cc1OC. The van der Waals surface area contributed by atoms with Crippen molar-refractivity contribution in [2.75, 3.05) is 32.2 Å². The summed E-state index contributed by atoms with van der Waals surface area (Å²) in [6.45, 7) is 2.20. The maximum absolute atomic E-state index is 12.2. The number of carbonyl (C=O) groups is 2. The summed E-state index contributed by atoms with van der Waals surface area (Å²) >= 11 is 0. The van der Waals surface area contributed by atoms with Gasteiger partial charge in [0.2, 0.25) is 11.8 Å². The molecule has 0 radical (unpaired) electrons. The van der Waals surface area contributed by atoms with E-state index in [0.29, 0.717) is 35.7 Å². The lowest BCUT2D eigenvalue weighted by Gasteiger charge is -2.21. The highest BCUT2D eigenvalue weighted by atomic mass is 16.5. The Kier molecular flexibility index (Phi) is 8.04. The molecular weight excluding hydrogens is 370 g/mol. The molecule has 7 heteroatoms. The smallest absolute Gasteiger partial charge is 0.223 e. The van der Waals surface area contributed by atoms with Crippen LogP contribution >= 0.6 is 0 Å². The number of rotatable bonds is 9. The van der Waals surface area contributed by atoms with E-state index in [1.54, 1.807) is 38.5 Å². The van der Waals surface area contributed by atoms with Gasteiger partial charge in [-0.05, 0) is 48.4 Å². The van der Waals surface area contributed by atoms with Crippen molar-refractivity contribution in [1.82, 2.24) is 5.32 Å². The molecule has 2 amide bonds. The summed E-state index contributed by atoms with van der Waals surface area (Å²) in [5.41, 5.74) is 2.20. The predicted octanol–water partition coefficient (Wildman–Crippen LogP) is 2.68. The number of hydrogen-bond donors (Lipinski definition) is 1. The lowest BCUT2D eigenvalue weighted by atomic mass is 10.1. The minimum Gasteiger partial charge on any atom is -0.493 e. The van der Waals surface area contributed by atoms with Crippen LogP contribution in [0.2, 0.25) is 0 Å². The Bertz CT molecular complexity index is 888. The van der Waals surface area contributed by atoms with Crippen molar-refractivity contribution < 1.29 is 19.1 Å². The molecule has 0 fully saturated rings. The van der Waals surface area contributed by atoms with E-state index in [-0.39, 0.29) is 24.8 Å². The van der Waals surface area contributed by atoms with E-state index in [9.17, 15) is 9.59 Å². The molecule has 0 saturated heterocycles. The van der Waals surface area contributed by atoms with Gasteiger partial charge in [-0.2, -0.15) is 5.26 Å². The van der Waals surface area contributed by atoms with E-state index in [4.69, 9.17) is 14.7 Å². The van der Waals surface area contributed by atoms with Crippen LogP contribution < -0.4 is 19.7 Å². The molecule has 0 bridgehead atoms. The van der Waals surface area contributed by atoms with Crippen LogP contribution in [0.25, 0.3) is 0 Å². The van der Waals surface area contributed by atoms with Crippen molar-refractivity contribution in [2.45, 2.75) is 19.8 Å². The third-order valence-corrected chi connectivity index (χ3v) is 4.43. The van der Waals surface area contributed by atoms with Crippen LogP contribution in [0.3, 0.4) is 0 Å². The van der Waals surface area contributed by atoms with E-state index in [1.165, 1.54) is 11.8 Å². The number of carbonyl (C=O) groups excluding carboxylic acids is 2. The fourth-order valence-corrected chi connectivity index (χ4v) is 2.87. The summed E-state index contributed by atoms with van der Waals surface area (Å²) in [5.74, 6) is 1.02. The lowest BCUT2D eigenvalue weighted by molar-refractivity contribution is -0.121. The number of nitriles is 1. The first-order valence-corrected chi connectivity index (χ1v) is 9.24. The van der Waals surface area contributed by atoms with E-state index < -0.39 is 0 Å². The van der Waals surface area contributed by atoms with Crippen LogP contribution in [0.1, 0.15) is 24.5 Å². The van der Waals surface area contributed by atoms with Gasteiger partial charge in [0.25, 0.3) is 0 Å². The maximum Gasteiger partial charge on any atom is 0.223 e. The molecule has 0 aliphatic heterocycles. The third kappa shape index (κ3) is 6.25. The number of ether oxygens (including phenoxy) is 2. The third-order valence-electron chi connectivity index (χ3n) is 4.43. The molecule has 29 heavy (non-hydrogen) atoms. The van der Waals surface area contributed by atoms with Crippen molar-refractivity contribution in [3.8, 4) is 17.6 Å². The number of benzene rings is 2. The Labute approximate surface area is 170 Å². The van der Waals surface area contributed by atoms with Crippen LogP contribution in [-0.4, -0.2) is 39.1 Å². The summed E-state index contributed by atoms with van der Waals surface area (Å²) in [4.78, 5) is 25.6. The number of amides is 2. The Balaban J connectivity index is 1.85. The highest BCUT2D eigenvalue weighted by Gasteiger charge is 2.13. The quantitative estimate of drug-likeness (QED) is 0.705. The fraction of sp³-hybridized carbons (Fsp3) is 0.318. The largest absolute Gasteiger partial charge is 0.493 e. The lowest BCUT2D eigenvalue weighted by Crippen LogP contribution is -2.34. The van der Waals surface area contributed by atoms with E-state index in [0.717, 1.165) is 5.56 Å². The van der Waals surface area contributed by atoms with Crippen LogP contribution in [0.15, 0.2) is 42.5 Å². The zero-order valence-electron chi connectivity index (χ0n) is 16.9. The molecule has 0 unspecified atom stereocenters. The molecule has 0 aromatic heterocycles. The standard InChI is InChI=1S/C22H25N3O4/c1-16(26)25(19-7-4-18(15-23)5-8-19)13-11-22(27)24-12-10-17-6-9-20(28-2)21(14-17)29-3/h4-9,14H,10-13H2,1-3H3,(H,24,27). The Morgan fingerprint density at radius 3 is 2.34 bits per heavy atom. The molecule has 0 atom stereocenters. The van der Waals surface area contributed by atoms with Gasteiger partial charge in [0.1, 0.15) is 0 Å². The number of methoxy groups -OCH3 is 2. The van der Waals surface area contributed by atoms with Gasteiger partial charge in [-0.3, -0.25) is 9.59 Å². The monoisotopic (exact) mass is 395 g/mol. The normalized spacial score (nSPS) is 10.0. The molecule has 2 aromatic rings. The predicted molar refractivity (Wildman–Crippen MR) is 110 cm³/mol. The highest BCUT2D eigenvalue weighted by Crippen LogP contribution is 2.27. The van der Waals surface area contributed by atoms with Crippen LogP contribution in [-0.2, 0) is 16.0 Å². The summed E-state index contributed by atoms with van der Waals surface area (Å²) < 4.78 is 10.5. The van der Waals surface area contributed by atoms with Gasteiger partial charge in [0.05, 0.1) is 25.9 Å². The van der Waals surface area contributed by atoms with E-state index in [1.807, 2.05) is 24.3 Å². The van der Waals surface area contributed by atoms with E-state index >= 15 is 0 Å². The second-order valence-corrected chi connectivity index (χ2v) is 6.37. The summed E-state index contributed by atoms with van der Waals surface area (Å²) in [5, 5.41) is 11.7. The molecule has 2 rings (SSSR count). The van der Waals surface area contributed by atoms with Crippen LogP contribution in [0.4, 0.5) is 5.69 Å². The van der Waals surface area contributed by atoms with Crippen LogP contribution in [0, 0.1) is 11.3 Å². The number of nitrogens with zero attached hydrogens (tertiary/aromatic N) is 2. The average molecular weight is 395 g/mol.